The maximum atomic E-state index is 14.3. The Morgan fingerprint density at radius 1 is 0.857 bits per heavy atom. The molecule has 5 rings (SSSR count). The molecule has 2 heterocycles. The Kier molecular flexibility index (Phi) is 12.4. The number of nitrogens with one attached hydrogen (secondary N) is 4. The number of nitrogens with two attached hydrogens (primary N) is 2. The third kappa shape index (κ3) is 8.86. The van der Waals surface area contributed by atoms with Crippen molar-refractivity contribution in [1.29, 1.82) is 0 Å². The maximum absolute atomic E-state index is 14.3. The van der Waals surface area contributed by atoms with E-state index in [1.807, 2.05) is 66.9 Å². The largest absolute Gasteiger partial charge is 0.497 e. The molecule has 0 radical (unpaired) electrons. The highest BCUT2D eigenvalue weighted by molar-refractivity contribution is 5.94. The normalized spacial score (nSPS) is 19.2. The number of rotatable bonds is 10. The van der Waals surface area contributed by atoms with Crippen molar-refractivity contribution in [3.63, 3.8) is 0 Å². The minimum absolute atomic E-state index is 0.220. The zero-order chi connectivity index (χ0) is 34.8. The van der Waals surface area contributed by atoms with Crippen LogP contribution in [0, 0.1) is 0 Å². The number of unbranched alkanes of at least 4 members (excludes halogenated alkanes) is 1. The van der Waals surface area contributed by atoms with Crippen LogP contribution in [0.5, 0.6) is 5.75 Å². The highest BCUT2D eigenvalue weighted by atomic mass is 16.5. The molecule has 0 unspecified atom stereocenters. The summed E-state index contributed by atoms with van der Waals surface area (Å²) in [7, 11) is 3.26. The van der Waals surface area contributed by atoms with Gasteiger partial charge in [-0.25, -0.2) is 0 Å². The van der Waals surface area contributed by atoms with Crippen molar-refractivity contribution in [1.82, 2.24) is 25.8 Å². The lowest BCUT2D eigenvalue weighted by molar-refractivity contribution is -0.142. The van der Waals surface area contributed by atoms with Crippen LogP contribution < -0.4 is 32.2 Å². The van der Waals surface area contributed by atoms with E-state index in [2.05, 4.69) is 27.0 Å². The van der Waals surface area contributed by atoms with Gasteiger partial charge >= 0.3 is 0 Å². The molecule has 3 aromatic carbocycles. The molecule has 11 heteroatoms. The molecule has 2 bridgehead atoms. The first-order chi connectivity index (χ1) is 23.8. The lowest BCUT2D eigenvalue weighted by Gasteiger charge is -2.32. The molecule has 8 N–H and O–H groups in total. The monoisotopic (exact) mass is 667 g/mol. The van der Waals surface area contributed by atoms with Crippen molar-refractivity contribution in [2.45, 2.75) is 69.7 Å². The fourth-order valence-electron chi connectivity index (χ4n) is 6.50. The number of benzene rings is 3. The predicted molar refractivity (Wildman–Crippen MR) is 193 cm³/mol. The van der Waals surface area contributed by atoms with Crippen molar-refractivity contribution < 1.29 is 19.1 Å². The number of aromatic nitrogens is 1. The molecule has 0 fully saturated rings. The molecule has 1 aliphatic rings. The molecule has 0 aliphatic carbocycles. The minimum Gasteiger partial charge on any atom is -0.497 e. The van der Waals surface area contributed by atoms with Gasteiger partial charge in [0.15, 0.2) is 0 Å². The summed E-state index contributed by atoms with van der Waals surface area (Å²) in [5.41, 5.74) is 17.3. The van der Waals surface area contributed by atoms with Gasteiger partial charge in [0.1, 0.15) is 17.8 Å². The Bertz CT molecular complexity index is 1740. The van der Waals surface area contributed by atoms with Gasteiger partial charge in [0.2, 0.25) is 17.7 Å². The SMILES string of the molecule is COc1ccc2c(c1)CNC(=O)[C@H](Cc1c[nH]c3ccccc13)N(C)C(=O)[C@H](CCCCN)NC(=O)[C@H](CCCN)NCc1cccc-2c1. The van der Waals surface area contributed by atoms with E-state index in [4.69, 9.17) is 16.2 Å². The Hall–Kier alpha value is -4.71. The van der Waals surface area contributed by atoms with Gasteiger partial charge in [0.05, 0.1) is 13.2 Å². The molecule has 0 saturated carbocycles. The van der Waals surface area contributed by atoms with Crippen LogP contribution in [0.15, 0.2) is 72.9 Å². The van der Waals surface area contributed by atoms with Crippen molar-refractivity contribution in [2.24, 2.45) is 11.5 Å². The van der Waals surface area contributed by atoms with Gasteiger partial charge in [0.25, 0.3) is 0 Å². The summed E-state index contributed by atoms with van der Waals surface area (Å²) in [6.45, 7) is 1.57. The van der Waals surface area contributed by atoms with Gasteiger partial charge in [-0.2, -0.15) is 0 Å². The van der Waals surface area contributed by atoms with Gasteiger partial charge < -0.3 is 42.0 Å². The second-order valence-electron chi connectivity index (χ2n) is 12.7. The Morgan fingerprint density at radius 3 is 2.45 bits per heavy atom. The smallest absolute Gasteiger partial charge is 0.245 e. The first-order valence-corrected chi connectivity index (χ1v) is 17.1. The molecule has 11 nitrogen and oxygen atoms in total. The van der Waals surface area contributed by atoms with Crippen LogP contribution in [0.25, 0.3) is 22.0 Å². The standard InChI is InChI=1S/C38H49N7O4/c1-45-35(21-28-23-42-32-12-4-3-11-31(28)32)37(47)43-24-27-20-29(49-2)15-16-30(27)26-10-7-9-25(19-26)22-41-33(14-8-18-40)36(46)44-34(38(45)48)13-5-6-17-39/h3-4,7,9-12,15-16,19-20,23,33-35,41-42H,5-6,8,13-14,17-18,21-22,24,39-40H2,1-2H3,(H,43,47)(H,44,46)/t33-,34-,35-/m0/s1. The summed E-state index contributed by atoms with van der Waals surface area (Å²) in [5, 5.41) is 10.6. The third-order valence-electron chi connectivity index (χ3n) is 9.34. The van der Waals surface area contributed by atoms with Crippen LogP contribution in [0.2, 0.25) is 0 Å². The summed E-state index contributed by atoms with van der Waals surface area (Å²) in [4.78, 5) is 47.2. The molecule has 1 aliphatic heterocycles. The fraction of sp³-hybridized carbons (Fsp3) is 0.395. The average Bonchev–Trinajstić information content (AvgIpc) is 3.54. The van der Waals surface area contributed by atoms with E-state index in [1.165, 1.54) is 4.90 Å². The Labute approximate surface area is 288 Å². The van der Waals surface area contributed by atoms with Crippen molar-refractivity contribution >= 4 is 28.6 Å². The maximum Gasteiger partial charge on any atom is 0.245 e. The molecule has 3 amide bonds. The van der Waals surface area contributed by atoms with Crippen LogP contribution in [0.3, 0.4) is 0 Å². The van der Waals surface area contributed by atoms with Crippen molar-refractivity contribution in [3.8, 4) is 16.9 Å². The van der Waals surface area contributed by atoms with Gasteiger partial charge in [-0.3, -0.25) is 14.4 Å². The number of likely N-dealkylation sites (N-methyl/N-ethyl adjacent to an activating group) is 1. The van der Waals surface area contributed by atoms with Crippen LogP contribution in [0.4, 0.5) is 0 Å². The van der Waals surface area contributed by atoms with Crippen LogP contribution >= 0.6 is 0 Å². The first kappa shape index (κ1) is 35.6. The molecule has 0 spiro atoms. The summed E-state index contributed by atoms with van der Waals surface area (Å²) < 4.78 is 5.55. The predicted octanol–water partition coefficient (Wildman–Crippen LogP) is 3.35. The number of amides is 3. The fourth-order valence-corrected chi connectivity index (χ4v) is 6.50. The van der Waals surface area contributed by atoms with E-state index in [0.717, 1.165) is 38.7 Å². The number of para-hydroxylation sites is 1. The minimum atomic E-state index is -0.861. The molecule has 1 aromatic heterocycles. The van der Waals surface area contributed by atoms with Gasteiger partial charge in [-0.05, 0) is 97.3 Å². The Balaban J connectivity index is 1.56. The average molecular weight is 668 g/mol. The lowest BCUT2D eigenvalue weighted by atomic mass is 9.97. The van der Waals surface area contributed by atoms with E-state index in [-0.39, 0.29) is 30.7 Å². The van der Waals surface area contributed by atoms with Gasteiger partial charge in [-0.1, -0.05) is 42.5 Å². The van der Waals surface area contributed by atoms with E-state index < -0.39 is 18.1 Å². The van der Waals surface area contributed by atoms with Gasteiger partial charge in [-0.15, -0.1) is 0 Å². The zero-order valence-corrected chi connectivity index (χ0v) is 28.5. The van der Waals surface area contributed by atoms with E-state index >= 15 is 0 Å². The molecular formula is C38H49N7O4. The van der Waals surface area contributed by atoms with Crippen LogP contribution in [0.1, 0.15) is 48.8 Å². The number of aromatic amines is 1. The number of carbonyl (C=O) groups is 3. The number of fused-ring (bicyclic) bond motifs is 5. The topological polar surface area (TPSA) is 168 Å². The number of hydrogen-bond donors (Lipinski definition) is 6. The van der Waals surface area contributed by atoms with Gasteiger partial charge in [0, 0.05) is 43.7 Å². The molecular weight excluding hydrogens is 618 g/mol. The number of ether oxygens (including phenoxy) is 1. The first-order valence-electron chi connectivity index (χ1n) is 17.1. The number of nitrogens with zero attached hydrogens (tertiary/aromatic N) is 1. The molecule has 3 atom stereocenters. The lowest BCUT2D eigenvalue weighted by Crippen LogP contribution is -2.57. The second kappa shape index (κ2) is 17.1. The van der Waals surface area contributed by atoms with Crippen molar-refractivity contribution in [3.05, 3.63) is 89.6 Å². The van der Waals surface area contributed by atoms with E-state index in [0.29, 0.717) is 57.5 Å². The molecule has 0 saturated heterocycles. The third-order valence-corrected chi connectivity index (χ3v) is 9.34. The van der Waals surface area contributed by atoms with Crippen LogP contribution in [-0.2, 0) is 33.9 Å². The summed E-state index contributed by atoms with van der Waals surface area (Å²) in [6, 6.07) is 19.5. The summed E-state index contributed by atoms with van der Waals surface area (Å²) >= 11 is 0. The number of carbonyl (C=O) groups excluding carboxylic acids is 3. The number of hydrogen-bond acceptors (Lipinski definition) is 7. The summed E-state index contributed by atoms with van der Waals surface area (Å²) in [6.07, 6.45) is 5.06. The molecule has 49 heavy (non-hydrogen) atoms. The molecule has 260 valence electrons. The second-order valence-corrected chi connectivity index (χ2v) is 12.7. The quantitative estimate of drug-likeness (QED) is 0.141. The highest BCUT2D eigenvalue weighted by Crippen LogP contribution is 2.29. The van der Waals surface area contributed by atoms with E-state index in [1.54, 1.807) is 14.2 Å². The summed E-state index contributed by atoms with van der Waals surface area (Å²) in [5.74, 6) is -0.237. The zero-order valence-electron chi connectivity index (χ0n) is 28.5. The van der Waals surface area contributed by atoms with Crippen LogP contribution in [-0.4, -0.2) is 73.0 Å². The number of methoxy groups -OCH3 is 1. The van der Waals surface area contributed by atoms with Crippen molar-refractivity contribution in [2.75, 3.05) is 27.2 Å². The Morgan fingerprint density at radius 2 is 1.65 bits per heavy atom. The highest BCUT2D eigenvalue weighted by Gasteiger charge is 2.34. The number of H-pyrrole nitrogens is 1. The molecule has 4 aromatic rings. The van der Waals surface area contributed by atoms with E-state index in [9.17, 15) is 14.4 Å².